The second-order valence-corrected chi connectivity index (χ2v) is 7.27. The maximum Gasteiger partial charge on any atom is 0.199 e. The molecule has 0 saturated heterocycles. The first-order valence-electron chi connectivity index (χ1n) is 8.91. The van der Waals surface area contributed by atoms with E-state index in [1.165, 1.54) is 33.7 Å². The summed E-state index contributed by atoms with van der Waals surface area (Å²) in [4.78, 5) is 2.20. The van der Waals surface area contributed by atoms with Gasteiger partial charge in [0.2, 0.25) is 0 Å². The number of rotatable bonds is 3. The van der Waals surface area contributed by atoms with Crippen LogP contribution < -0.4 is 4.90 Å². The molecule has 2 nitrogen and oxygen atoms in total. The standard InChI is InChI=1S/C22H29N2.CH4/c1-7-22(8-2)20-14-18(23(3)4)11-9-16(20)13-17-10-12-19(24(5)6)15-21(17)22;/h9-15H,7-8H2,1-6H3;1H4/q+1;. The summed E-state index contributed by atoms with van der Waals surface area (Å²) < 4.78 is 2.20. The van der Waals surface area contributed by atoms with Crippen LogP contribution in [0.4, 0.5) is 5.69 Å². The molecule has 0 radical (unpaired) electrons. The Balaban J connectivity index is 0.00000225. The second kappa shape index (κ2) is 7.03. The first kappa shape index (κ1) is 19.2. The van der Waals surface area contributed by atoms with Crippen molar-refractivity contribution < 1.29 is 4.58 Å². The fourth-order valence-electron chi connectivity index (χ4n) is 4.05. The van der Waals surface area contributed by atoms with E-state index >= 15 is 0 Å². The molecule has 0 atom stereocenters. The Morgan fingerprint density at radius 2 is 1.68 bits per heavy atom. The first-order chi connectivity index (χ1) is 11.4. The fraction of sp³-hybridized carbons (Fsp3) is 0.435. The summed E-state index contributed by atoms with van der Waals surface area (Å²) in [5, 5.41) is 0. The highest BCUT2D eigenvalue weighted by atomic mass is 15.1. The molecule has 134 valence electrons. The van der Waals surface area contributed by atoms with Crippen molar-refractivity contribution in [3.05, 3.63) is 58.7 Å². The molecule has 0 unspecified atom stereocenters. The van der Waals surface area contributed by atoms with Crippen molar-refractivity contribution in [1.29, 1.82) is 0 Å². The van der Waals surface area contributed by atoms with Crippen LogP contribution in [0, 0.1) is 0 Å². The maximum absolute atomic E-state index is 2.39. The van der Waals surface area contributed by atoms with Crippen LogP contribution in [0.3, 0.4) is 0 Å². The highest BCUT2D eigenvalue weighted by molar-refractivity contribution is 6.04. The van der Waals surface area contributed by atoms with Gasteiger partial charge in [-0.25, -0.2) is 4.58 Å². The largest absolute Gasteiger partial charge is 0.378 e. The summed E-state index contributed by atoms with van der Waals surface area (Å²) in [6.45, 7) is 4.65. The topological polar surface area (TPSA) is 6.25 Å². The van der Waals surface area contributed by atoms with E-state index in [0.29, 0.717) is 0 Å². The molecule has 0 N–H and O–H groups in total. The van der Waals surface area contributed by atoms with E-state index < -0.39 is 0 Å². The Morgan fingerprint density at radius 1 is 1.00 bits per heavy atom. The van der Waals surface area contributed by atoms with E-state index in [4.69, 9.17) is 0 Å². The van der Waals surface area contributed by atoms with E-state index in [1.807, 2.05) is 0 Å². The average molecular weight is 338 g/mol. The number of benzene rings is 1. The molecular weight excluding hydrogens is 304 g/mol. The van der Waals surface area contributed by atoms with Gasteiger partial charge in [-0.05, 0) is 59.4 Å². The lowest BCUT2D eigenvalue weighted by molar-refractivity contribution is -0.462. The number of fused-ring (bicyclic) bond motifs is 2. The summed E-state index contributed by atoms with van der Waals surface area (Å²) in [7, 11) is 8.47. The van der Waals surface area contributed by atoms with Crippen molar-refractivity contribution in [2.24, 2.45) is 0 Å². The van der Waals surface area contributed by atoms with Crippen LogP contribution in [0.15, 0.2) is 47.6 Å². The summed E-state index contributed by atoms with van der Waals surface area (Å²) in [6.07, 6.45) is 11.5. The zero-order valence-electron chi connectivity index (χ0n) is 15.9. The average Bonchev–Trinajstić information content (AvgIpc) is 2.58. The molecule has 0 aromatic heterocycles. The fourth-order valence-corrected chi connectivity index (χ4v) is 4.05. The van der Waals surface area contributed by atoms with Gasteiger partial charge in [0.15, 0.2) is 5.71 Å². The Morgan fingerprint density at radius 3 is 2.24 bits per heavy atom. The van der Waals surface area contributed by atoms with Crippen LogP contribution in [0.25, 0.3) is 6.08 Å². The highest BCUT2D eigenvalue weighted by Crippen LogP contribution is 2.49. The number of allylic oxidation sites excluding steroid dienone is 5. The Kier molecular flexibility index (Phi) is 5.41. The van der Waals surface area contributed by atoms with Gasteiger partial charge in [0.05, 0.1) is 0 Å². The van der Waals surface area contributed by atoms with Gasteiger partial charge in [0, 0.05) is 37.3 Å². The Hall–Kier alpha value is -2.09. The van der Waals surface area contributed by atoms with Gasteiger partial charge in [-0.3, -0.25) is 0 Å². The SMILES string of the molecule is C.CCC1(CC)C2=CC(=[N+](C)C)C=CC2=Cc2ccc(N(C)C)cc21. The van der Waals surface area contributed by atoms with Gasteiger partial charge in [-0.1, -0.05) is 27.3 Å². The second-order valence-electron chi connectivity index (χ2n) is 7.27. The van der Waals surface area contributed by atoms with Crippen LogP contribution in [0.2, 0.25) is 0 Å². The van der Waals surface area contributed by atoms with Crippen molar-refractivity contribution >= 4 is 17.5 Å². The van der Waals surface area contributed by atoms with Crippen LogP contribution in [-0.4, -0.2) is 38.5 Å². The molecule has 2 aliphatic rings. The molecule has 0 amide bonds. The van der Waals surface area contributed by atoms with Gasteiger partial charge in [-0.15, -0.1) is 0 Å². The molecule has 0 saturated carbocycles. The predicted molar refractivity (Wildman–Crippen MR) is 112 cm³/mol. The van der Waals surface area contributed by atoms with Gasteiger partial charge < -0.3 is 4.90 Å². The number of hydrogen-bond acceptors (Lipinski definition) is 1. The molecule has 2 aliphatic carbocycles. The van der Waals surface area contributed by atoms with Crippen LogP contribution in [-0.2, 0) is 5.41 Å². The van der Waals surface area contributed by atoms with Crippen molar-refractivity contribution in [2.75, 3.05) is 33.1 Å². The molecule has 0 fully saturated rings. The van der Waals surface area contributed by atoms with E-state index in [2.05, 4.69) is 94.0 Å². The number of anilines is 1. The Labute approximate surface area is 153 Å². The Bertz CT molecular complexity index is 780. The monoisotopic (exact) mass is 337 g/mol. The zero-order chi connectivity index (χ0) is 17.5. The van der Waals surface area contributed by atoms with E-state index in [0.717, 1.165) is 12.8 Å². The summed E-state index contributed by atoms with van der Waals surface area (Å²) >= 11 is 0. The summed E-state index contributed by atoms with van der Waals surface area (Å²) in [5.41, 5.74) is 8.34. The lowest BCUT2D eigenvalue weighted by Crippen LogP contribution is -2.33. The van der Waals surface area contributed by atoms with Gasteiger partial charge in [-0.2, -0.15) is 0 Å². The molecule has 0 spiro atoms. The molecule has 25 heavy (non-hydrogen) atoms. The number of hydrogen-bond donors (Lipinski definition) is 0. The molecule has 2 heteroatoms. The normalized spacial score (nSPS) is 17.0. The van der Waals surface area contributed by atoms with E-state index in [-0.39, 0.29) is 12.8 Å². The first-order valence-corrected chi connectivity index (χ1v) is 8.91. The smallest absolute Gasteiger partial charge is 0.199 e. The lowest BCUT2D eigenvalue weighted by Gasteiger charge is -2.41. The molecule has 3 rings (SSSR count). The minimum atomic E-state index is 0. The number of nitrogens with zero attached hydrogens (tertiary/aromatic N) is 2. The molecule has 0 bridgehead atoms. The summed E-state index contributed by atoms with van der Waals surface area (Å²) in [6, 6.07) is 6.90. The van der Waals surface area contributed by atoms with Crippen LogP contribution in [0.1, 0.15) is 45.2 Å². The zero-order valence-corrected chi connectivity index (χ0v) is 15.9. The maximum atomic E-state index is 2.39. The van der Waals surface area contributed by atoms with E-state index in [1.54, 1.807) is 0 Å². The minimum absolute atomic E-state index is 0. The molecule has 1 aromatic carbocycles. The third kappa shape index (κ3) is 2.99. The van der Waals surface area contributed by atoms with Crippen molar-refractivity contribution in [3.8, 4) is 0 Å². The summed E-state index contributed by atoms with van der Waals surface area (Å²) in [5.74, 6) is 0. The van der Waals surface area contributed by atoms with Crippen LogP contribution in [0.5, 0.6) is 0 Å². The minimum Gasteiger partial charge on any atom is -0.378 e. The van der Waals surface area contributed by atoms with Crippen molar-refractivity contribution in [2.45, 2.75) is 39.5 Å². The molecule has 1 aromatic rings. The highest BCUT2D eigenvalue weighted by Gasteiger charge is 2.40. The molecule has 0 aliphatic heterocycles. The van der Waals surface area contributed by atoms with Gasteiger partial charge in [0.25, 0.3) is 0 Å². The van der Waals surface area contributed by atoms with Gasteiger partial charge in [0.1, 0.15) is 14.1 Å². The third-order valence-corrected chi connectivity index (χ3v) is 5.66. The van der Waals surface area contributed by atoms with Gasteiger partial charge >= 0.3 is 0 Å². The third-order valence-electron chi connectivity index (χ3n) is 5.66. The molecular formula is C23H33N2+. The molecule has 0 heterocycles. The van der Waals surface area contributed by atoms with E-state index in [9.17, 15) is 0 Å². The predicted octanol–water partition coefficient (Wildman–Crippen LogP) is 5.05. The quantitative estimate of drug-likeness (QED) is 0.699. The van der Waals surface area contributed by atoms with Crippen LogP contribution >= 0.6 is 0 Å². The lowest BCUT2D eigenvalue weighted by atomic mass is 9.62. The van der Waals surface area contributed by atoms with Crippen molar-refractivity contribution in [1.82, 2.24) is 0 Å². The van der Waals surface area contributed by atoms with Crippen molar-refractivity contribution in [3.63, 3.8) is 0 Å².